The molecule has 0 saturated carbocycles. The van der Waals surface area contributed by atoms with E-state index in [1.807, 2.05) is 37.3 Å². The highest BCUT2D eigenvalue weighted by molar-refractivity contribution is 5.79. The number of fused-ring (bicyclic) bond motifs is 1. The minimum absolute atomic E-state index is 0.476. The van der Waals surface area contributed by atoms with Crippen LogP contribution in [0.15, 0.2) is 36.5 Å². The van der Waals surface area contributed by atoms with Gasteiger partial charge in [0.1, 0.15) is 6.61 Å². The van der Waals surface area contributed by atoms with Crippen molar-refractivity contribution in [2.45, 2.75) is 6.92 Å². The Hall–Kier alpha value is -1.85. The van der Waals surface area contributed by atoms with Crippen LogP contribution in [0.4, 0.5) is 0 Å². The van der Waals surface area contributed by atoms with E-state index < -0.39 is 0 Å². The topological polar surface area (TPSA) is 22.1 Å². The SMILES string of the molecule is CCOCC#Cc1cnc2ccccc2c1. The van der Waals surface area contributed by atoms with Crippen molar-refractivity contribution in [1.29, 1.82) is 0 Å². The van der Waals surface area contributed by atoms with E-state index in [1.165, 1.54) is 0 Å². The number of para-hydroxylation sites is 1. The van der Waals surface area contributed by atoms with Crippen molar-refractivity contribution < 1.29 is 4.74 Å². The van der Waals surface area contributed by atoms with Crippen LogP contribution in [-0.2, 0) is 4.74 Å². The fourth-order valence-corrected chi connectivity index (χ4v) is 1.43. The van der Waals surface area contributed by atoms with Crippen molar-refractivity contribution in [2.24, 2.45) is 0 Å². The maximum atomic E-state index is 5.15. The zero-order valence-corrected chi connectivity index (χ0v) is 9.23. The lowest BCUT2D eigenvalue weighted by Crippen LogP contribution is -1.89. The summed E-state index contributed by atoms with van der Waals surface area (Å²) in [4.78, 5) is 4.34. The van der Waals surface area contributed by atoms with Crippen LogP contribution in [0.2, 0.25) is 0 Å². The molecule has 16 heavy (non-hydrogen) atoms. The van der Waals surface area contributed by atoms with Gasteiger partial charge in [0.15, 0.2) is 0 Å². The number of ether oxygens (including phenoxy) is 1. The third kappa shape index (κ3) is 2.59. The summed E-state index contributed by atoms with van der Waals surface area (Å²) in [6.07, 6.45) is 1.79. The zero-order chi connectivity index (χ0) is 11.2. The van der Waals surface area contributed by atoms with Crippen LogP contribution in [0.5, 0.6) is 0 Å². The summed E-state index contributed by atoms with van der Waals surface area (Å²) in [6, 6.07) is 10.1. The molecular weight excluding hydrogens is 198 g/mol. The normalized spacial score (nSPS) is 9.81. The molecule has 0 unspecified atom stereocenters. The lowest BCUT2D eigenvalue weighted by molar-refractivity contribution is 0.182. The van der Waals surface area contributed by atoms with Crippen LogP contribution in [0.25, 0.3) is 10.9 Å². The number of hydrogen-bond donors (Lipinski definition) is 0. The first-order valence-corrected chi connectivity index (χ1v) is 5.31. The molecule has 0 aliphatic carbocycles. The number of pyridine rings is 1. The van der Waals surface area contributed by atoms with E-state index in [0.717, 1.165) is 16.5 Å². The Labute approximate surface area is 95.3 Å². The van der Waals surface area contributed by atoms with Gasteiger partial charge >= 0.3 is 0 Å². The van der Waals surface area contributed by atoms with Crippen molar-refractivity contribution >= 4 is 10.9 Å². The van der Waals surface area contributed by atoms with Gasteiger partial charge in [-0.15, -0.1) is 0 Å². The highest BCUT2D eigenvalue weighted by atomic mass is 16.5. The van der Waals surface area contributed by atoms with Gasteiger partial charge in [0.25, 0.3) is 0 Å². The number of benzene rings is 1. The van der Waals surface area contributed by atoms with E-state index in [4.69, 9.17) is 4.74 Å². The predicted octanol–water partition coefficient (Wildman–Crippen LogP) is 2.62. The molecule has 2 nitrogen and oxygen atoms in total. The quantitative estimate of drug-likeness (QED) is 0.562. The van der Waals surface area contributed by atoms with Gasteiger partial charge in [-0.05, 0) is 19.1 Å². The van der Waals surface area contributed by atoms with Crippen LogP contribution < -0.4 is 0 Å². The summed E-state index contributed by atoms with van der Waals surface area (Å²) in [5.74, 6) is 5.99. The van der Waals surface area contributed by atoms with Crippen LogP contribution in [0.3, 0.4) is 0 Å². The molecule has 0 fully saturated rings. The smallest absolute Gasteiger partial charge is 0.108 e. The highest BCUT2D eigenvalue weighted by Crippen LogP contribution is 2.11. The Bertz CT molecular complexity index is 537. The zero-order valence-electron chi connectivity index (χ0n) is 9.23. The van der Waals surface area contributed by atoms with E-state index in [1.54, 1.807) is 6.20 Å². The molecule has 0 aliphatic rings. The molecule has 2 aromatic rings. The Kier molecular flexibility index (Phi) is 3.53. The minimum Gasteiger partial charge on any atom is -0.369 e. The second-order valence-electron chi connectivity index (χ2n) is 3.36. The molecule has 0 amide bonds. The summed E-state index contributed by atoms with van der Waals surface area (Å²) in [5.41, 5.74) is 1.93. The summed E-state index contributed by atoms with van der Waals surface area (Å²) in [7, 11) is 0. The summed E-state index contributed by atoms with van der Waals surface area (Å²) in [5, 5.41) is 1.12. The Balaban J connectivity index is 2.21. The van der Waals surface area contributed by atoms with Crippen LogP contribution in [0.1, 0.15) is 12.5 Å². The molecule has 2 heteroatoms. The first-order chi connectivity index (χ1) is 7.90. The Morgan fingerprint density at radius 1 is 1.31 bits per heavy atom. The van der Waals surface area contributed by atoms with Crippen molar-refractivity contribution in [3.63, 3.8) is 0 Å². The minimum atomic E-state index is 0.476. The second kappa shape index (κ2) is 5.29. The maximum Gasteiger partial charge on any atom is 0.108 e. The lowest BCUT2D eigenvalue weighted by Gasteiger charge is -1.96. The second-order valence-corrected chi connectivity index (χ2v) is 3.36. The average molecular weight is 211 g/mol. The van der Waals surface area contributed by atoms with Gasteiger partial charge < -0.3 is 4.74 Å². The number of hydrogen-bond acceptors (Lipinski definition) is 2. The standard InChI is InChI=1S/C14H13NO/c1-2-16-9-5-6-12-10-13-7-3-4-8-14(13)15-11-12/h3-4,7-8,10-11H,2,9H2,1H3. The fraction of sp³-hybridized carbons (Fsp3) is 0.214. The molecule has 0 N–H and O–H groups in total. The number of nitrogens with zero attached hydrogens (tertiary/aromatic N) is 1. The van der Waals surface area contributed by atoms with Crippen LogP contribution in [0, 0.1) is 11.8 Å². The summed E-state index contributed by atoms with van der Waals surface area (Å²) >= 11 is 0. The van der Waals surface area contributed by atoms with Gasteiger partial charge in [-0.3, -0.25) is 4.98 Å². The monoisotopic (exact) mass is 211 g/mol. The van der Waals surface area contributed by atoms with E-state index in [2.05, 4.69) is 16.8 Å². The largest absolute Gasteiger partial charge is 0.369 e. The van der Waals surface area contributed by atoms with Crippen LogP contribution >= 0.6 is 0 Å². The molecule has 0 saturated heterocycles. The van der Waals surface area contributed by atoms with Gasteiger partial charge in [-0.25, -0.2) is 0 Å². The molecule has 0 aliphatic heterocycles. The molecule has 0 radical (unpaired) electrons. The molecule has 0 atom stereocenters. The third-order valence-electron chi connectivity index (χ3n) is 2.20. The van der Waals surface area contributed by atoms with Crippen molar-refractivity contribution in [3.8, 4) is 11.8 Å². The van der Waals surface area contributed by atoms with Crippen molar-refractivity contribution in [3.05, 3.63) is 42.1 Å². The first-order valence-electron chi connectivity index (χ1n) is 5.31. The van der Waals surface area contributed by atoms with E-state index in [0.29, 0.717) is 13.2 Å². The Morgan fingerprint density at radius 3 is 3.06 bits per heavy atom. The van der Waals surface area contributed by atoms with Gasteiger partial charge in [0, 0.05) is 23.8 Å². The van der Waals surface area contributed by atoms with Crippen molar-refractivity contribution in [1.82, 2.24) is 4.98 Å². The first kappa shape index (κ1) is 10.7. The molecule has 1 aromatic carbocycles. The van der Waals surface area contributed by atoms with Gasteiger partial charge in [-0.1, -0.05) is 30.0 Å². The van der Waals surface area contributed by atoms with Crippen molar-refractivity contribution in [2.75, 3.05) is 13.2 Å². The number of rotatable bonds is 2. The van der Waals surface area contributed by atoms with E-state index >= 15 is 0 Å². The van der Waals surface area contributed by atoms with Gasteiger partial charge in [-0.2, -0.15) is 0 Å². The molecule has 80 valence electrons. The summed E-state index contributed by atoms with van der Waals surface area (Å²) in [6.45, 7) is 3.13. The van der Waals surface area contributed by atoms with Gasteiger partial charge in [0.05, 0.1) is 5.52 Å². The number of aromatic nitrogens is 1. The molecular formula is C14H13NO. The lowest BCUT2D eigenvalue weighted by atomic mass is 10.2. The molecule has 1 aromatic heterocycles. The molecule has 2 rings (SSSR count). The predicted molar refractivity (Wildman–Crippen MR) is 65.1 cm³/mol. The van der Waals surface area contributed by atoms with E-state index in [9.17, 15) is 0 Å². The molecule has 0 spiro atoms. The average Bonchev–Trinajstić information content (AvgIpc) is 2.34. The van der Waals surface area contributed by atoms with Gasteiger partial charge in [0.2, 0.25) is 0 Å². The Morgan fingerprint density at radius 2 is 2.19 bits per heavy atom. The van der Waals surface area contributed by atoms with E-state index in [-0.39, 0.29) is 0 Å². The fourth-order valence-electron chi connectivity index (χ4n) is 1.43. The maximum absolute atomic E-state index is 5.15. The van der Waals surface area contributed by atoms with Crippen LogP contribution in [-0.4, -0.2) is 18.2 Å². The summed E-state index contributed by atoms with van der Waals surface area (Å²) < 4.78 is 5.15. The highest BCUT2D eigenvalue weighted by Gasteiger charge is 1.93. The third-order valence-corrected chi connectivity index (χ3v) is 2.20. The molecule has 0 bridgehead atoms. The molecule has 1 heterocycles.